The van der Waals surface area contributed by atoms with E-state index < -0.39 is 0 Å². The standard InChI is InChI=1S/C22H16.Zr/c1-3-8-17-15(6-1)12-13-21(17)20-11-5-10-19-18-9-4-2-7-16(18)14-22(19)20;/h1-13,21H,14H2;. The second-order valence-corrected chi connectivity index (χ2v) is 6.17. The van der Waals surface area contributed by atoms with Crippen LogP contribution in [0.5, 0.6) is 0 Å². The largest absolute Gasteiger partial charge is 0.0720 e. The molecule has 108 valence electrons. The van der Waals surface area contributed by atoms with Gasteiger partial charge in [-0.05, 0) is 45.4 Å². The molecule has 0 heterocycles. The molecule has 0 spiro atoms. The number of rotatable bonds is 1. The molecule has 0 saturated carbocycles. The van der Waals surface area contributed by atoms with Crippen LogP contribution in [0.1, 0.15) is 33.7 Å². The molecule has 0 amide bonds. The molecule has 0 aromatic heterocycles. The number of allylic oxidation sites excluding steroid dienone is 1. The Balaban J connectivity index is 0.00000135. The number of hydrogen-bond acceptors (Lipinski definition) is 0. The van der Waals surface area contributed by atoms with Gasteiger partial charge in [0.2, 0.25) is 0 Å². The Morgan fingerprint density at radius 3 is 2.39 bits per heavy atom. The fourth-order valence-electron chi connectivity index (χ4n) is 3.99. The van der Waals surface area contributed by atoms with Gasteiger partial charge in [-0.2, -0.15) is 0 Å². The Morgan fingerprint density at radius 1 is 0.696 bits per heavy atom. The van der Waals surface area contributed by atoms with E-state index in [1.54, 1.807) is 0 Å². The smallest absolute Gasteiger partial charge is 0.0281 e. The number of fused-ring (bicyclic) bond motifs is 4. The zero-order chi connectivity index (χ0) is 14.5. The Hall–Kier alpha value is -1.72. The molecular weight excluding hydrogens is 355 g/mol. The van der Waals surface area contributed by atoms with Crippen molar-refractivity contribution in [3.63, 3.8) is 0 Å². The molecule has 3 aromatic carbocycles. The fourth-order valence-corrected chi connectivity index (χ4v) is 3.99. The van der Waals surface area contributed by atoms with E-state index in [0.717, 1.165) is 6.42 Å². The summed E-state index contributed by atoms with van der Waals surface area (Å²) in [4.78, 5) is 0. The van der Waals surface area contributed by atoms with Crippen LogP contribution >= 0.6 is 0 Å². The van der Waals surface area contributed by atoms with Crippen LogP contribution in [-0.4, -0.2) is 0 Å². The predicted octanol–water partition coefficient (Wildman–Crippen LogP) is 5.41. The van der Waals surface area contributed by atoms with Crippen LogP contribution in [0.4, 0.5) is 0 Å². The van der Waals surface area contributed by atoms with Crippen LogP contribution in [0.15, 0.2) is 72.8 Å². The van der Waals surface area contributed by atoms with Crippen molar-refractivity contribution in [3.05, 3.63) is 101 Å². The van der Waals surface area contributed by atoms with Gasteiger partial charge >= 0.3 is 0 Å². The molecule has 1 atom stereocenters. The third kappa shape index (κ3) is 2.22. The number of benzene rings is 3. The van der Waals surface area contributed by atoms with Gasteiger partial charge in [-0.25, -0.2) is 0 Å². The Morgan fingerprint density at radius 2 is 1.43 bits per heavy atom. The van der Waals surface area contributed by atoms with E-state index in [0.29, 0.717) is 5.92 Å². The van der Waals surface area contributed by atoms with Gasteiger partial charge in [0.05, 0.1) is 0 Å². The molecule has 0 bridgehead atoms. The van der Waals surface area contributed by atoms with Crippen LogP contribution in [0.2, 0.25) is 0 Å². The molecule has 0 radical (unpaired) electrons. The van der Waals surface area contributed by atoms with E-state index in [1.807, 2.05) is 0 Å². The minimum atomic E-state index is 0. The molecule has 1 heteroatoms. The molecule has 0 fully saturated rings. The minimum Gasteiger partial charge on any atom is -0.0720 e. The monoisotopic (exact) mass is 370 g/mol. The zero-order valence-electron chi connectivity index (χ0n) is 12.8. The van der Waals surface area contributed by atoms with Crippen LogP contribution in [0, 0.1) is 0 Å². The molecule has 1 unspecified atom stereocenters. The molecule has 0 saturated heterocycles. The molecule has 2 aliphatic carbocycles. The van der Waals surface area contributed by atoms with Crippen LogP contribution in [-0.2, 0) is 32.6 Å². The van der Waals surface area contributed by atoms with Crippen molar-refractivity contribution >= 4 is 6.08 Å². The van der Waals surface area contributed by atoms with E-state index in [2.05, 4.69) is 78.9 Å². The summed E-state index contributed by atoms with van der Waals surface area (Å²) in [5.74, 6) is 0.403. The normalized spacial score (nSPS) is 16.4. The second-order valence-electron chi connectivity index (χ2n) is 6.17. The quantitative estimate of drug-likeness (QED) is 0.419. The van der Waals surface area contributed by atoms with Crippen molar-refractivity contribution in [2.24, 2.45) is 0 Å². The van der Waals surface area contributed by atoms with Gasteiger partial charge in [0, 0.05) is 32.1 Å². The average molecular weight is 372 g/mol. The van der Waals surface area contributed by atoms with Crippen molar-refractivity contribution in [2.45, 2.75) is 12.3 Å². The summed E-state index contributed by atoms with van der Waals surface area (Å²) in [6.07, 6.45) is 5.68. The third-order valence-corrected chi connectivity index (χ3v) is 5.02. The Bertz CT molecular complexity index is 921. The van der Waals surface area contributed by atoms with E-state index in [-0.39, 0.29) is 26.2 Å². The Labute approximate surface area is 156 Å². The maximum Gasteiger partial charge on any atom is 0.0281 e. The van der Waals surface area contributed by atoms with Gasteiger partial charge in [0.1, 0.15) is 0 Å². The van der Waals surface area contributed by atoms with Crippen molar-refractivity contribution in [2.75, 3.05) is 0 Å². The first-order chi connectivity index (χ1) is 10.9. The Kier molecular flexibility index (Phi) is 3.70. The molecule has 23 heavy (non-hydrogen) atoms. The maximum absolute atomic E-state index is 2.35. The molecular formula is C22H16Zr. The van der Waals surface area contributed by atoms with Crippen molar-refractivity contribution in [1.29, 1.82) is 0 Å². The van der Waals surface area contributed by atoms with Crippen LogP contribution < -0.4 is 0 Å². The number of hydrogen-bond donors (Lipinski definition) is 0. The van der Waals surface area contributed by atoms with Crippen molar-refractivity contribution in [3.8, 4) is 11.1 Å². The predicted molar refractivity (Wildman–Crippen MR) is 92.0 cm³/mol. The molecule has 0 N–H and O–H groups in total. The van der Waals surface area contributed by atoms with Crippen LogP contribution in [0.25, 0.3) is 17.2 Å². The van der Waals surface area contributed by atoms with Gasteiger partial charge in [0.15, 0.2) is 0 Å². The van der Waals surface area contributed by atoms with E-state index >= 15 is 0 Å². The van der Waals surface area contributed by atoms with Gasteiger partial charge in [-0.3, -0.25) is 0 Å². The van der Waals surface area contributed by atoms with Crippen molar-refractivity contribution < 1.29 is 26.2 Å². The first-order valence-corrected chi connectivity index (χ1v) is 7.89. The summed E-state index contributed by atoms with van der Waals surface area (Å²) in [5.41, 5.74) is 10.1. The summed E-state index contributed by atoms with van der Waals surface area (Å²) < 4.78 is 0. The van der Waals surface area contributed by atoms with Gasteiger partial charge < -0.3 is 0 Å². The molecule has 0 nitrogen and oxygen atoms in total. The summed E-state index contributed by atoms with van der Waals surface area (Å²) in [7, 11) is 0. The molecule has 2 aliphatic rings. The minimum absolute atomic E-state index is 0. The fraction of sp³-hybridized carbons (Fsp3) is 0.0909. The van der Waals surface area contributed by atoms with Gasteiger partial charge in [-0.1, -0.05) is 78.9 Å². The first-order valence-electron chi connectivity index (χ1n) is 7.89. The topological polar surface area (TPSA) is 0 Å². The summed E-state index contributed by atoms with van der Waals surface area (Å²) in [6, 6.07) is 24.3. The van der Waals surface area contributed by atoms with E-state index in [4.69, 9.17) is 0 Å². The molecule has 0 aliphatic heterocycles. The maximum atomic E-state index is 2.35. The average Bonchev–Trinajstić information content (AvgIpc) is 3.16. The summed E-state index contributed by atoms with van der Waals surface area (Å²) >= 11 is 0. The van der Waals surface area contributed by atoms with E-state index in [9.17, 15) is 0 Å². The summed E-state index contributed by atoms with van der Waals surface area (Å²) in [6.45, 7) is 0. The zero-order valence-corrected chi connectivity index (χ0v) is 15.2. The summed E-state index contributed by atoms with van der Waals surface area (Å²) in [5, 5.41) is 0. The third-order valence-electron chi connectivity index (χ3n) is 5.02. The first kappa shape index (κ1) is 14.8. The SMILES string of the molecule is C1=CC(c2cccc3c2Cc2ccccc2-3)c2ccccc21.[Zr]. The van der Waals surface area contributed by atoms with Crippen molar-refractivity contribution in [1.82, 2.24) is 0 Å². The van der Waals surface area contributed by atoms with Gasteiger partial charge in [0.25, 0.3) is 0 Å². The van der Waals surface area contributed by atoms with E-state index in [1.165, 1.54) is 38.9 Å². The van der Waals surface area contributed by atoms with Crippen LogP contribution in [0.3, 0.4) is 0 Å². The van der Waals surface area contributed by atoms with Gasteiger partial charge in [-0.15, -0.1) is 0 Å². The molecule has 3 aromatic rings. The second kappa shape index (κ2) is 5.73. The molecule has 5 rings (SSSR count).